The van der Waals surface area contributed by atoms with Crippen molar-refractivity contribution in [3.8, 4) is 17.1 Å². The first-order chi connectivity index (χ1) is 15.6. The Morgan fingerprint density at radius 2 is 1.91 bits per heavy atom. The van der Waals surface area contributed by atoms with Gasteiger partial charge in [-0.1, -0.05) is 12.8 Å². The lowest BCUT2D eigenvalue weighted by Gasteiger charge is -2.11. The van der Waals surface area contributed by atoms with Crippen LogP contribution in [-0.4, -0.2) is 32.5 Å². The van der Waals surface area contributed by atoms with Crippen LogP contribution in [-0.2, 0) is 11.3 Å². The number of nitrogens with zero attached hydrogens (tertiary/aromatic N) is 2. The molecule has 3 aromatic rings. The predicted octanol–water partition coefficient (Wildman–Crippen LogP) is 6.07. The molecule has 0 aliphatic heterocycles. The molecule has 2 aromatic carbocycles. The Bertz CT molecular complexity index is 1080. The fourth-order valence-corrected chi connectivity index (χ4v) is 5.34. The zero-order valence-corrected chi connectivity index (χ0v) is 19.8. The van der Waals surface area contributed by atoms with E-state index in [0.29, 0.717) is 30.2 Å². The molecule has 8 heteroatoms. The summed E-state index contributed by atoms with van der Waals surface area (Å²) in [6.45, 7) is 3.02. The number of amides is 1. The number of nitrogens with one attached hydrogen (secondary N) is 2. The lowest BCUT2D eigenvalue weighted by atomic mass is 10.2. The molecule has 1 aromatic heterocycles. The van der Waals surface area contributed by atoms with Gasteiger partial charge in [-0.15, -0.1) is 11.8 Å². The molecule has 0 atom stereocenters. The molecule has 2 N–H and O–H groups in total. The van der Waals surface area contributed by atoms with E-state index in [9.17, 15) is 4.79 Å². The summed E-state index contributed by atoms with van der Waals surface area (Å²) in [6.07, 6.45) is 5.59. The van der Waals surface area contributed by atoms with E-state index in [0.717, 1.165) is 22.3 Å². The summed E-state index contributed by atoms with van der Waals surface area (Å²) < 4.78 is 7.85. The molecule has 168 valence electrons. The van der Waals surface area contributed by atoms with Gasteiger partial charge in [0.15, 0.2) is 10.6 Å². The van der Waals surface area contributed by atoms with Crippen molar-refractivity contribution in [2.45, 2.75) is 55.7 Å². The lowest BCUT2D eigenvalue weighted by molar-refractivity contribution is -0.116. The van der Waals surface area contributed by atoms with Crippen LogP contribution in [0.1, 0.15) is 39.0 Å². The first-order valence-corrected chi connectivity index (χ1v) is 12.4. The van der Waals surface area contributed by atoms with Gasteiger partial charge in [0.2, 0.25) is 5.91 Å². The molecule has 1 aliphatic carbocycles. The van der Waals surface area contributed by atoms with Gasteiger partial charge in [0.25, 0.3) is 0 Å². The molecule has 1 saturated carbocycles. The maximum absolute atomic E-state index is 12.5. The predicted molar refractivity (Wildman–Crippen MR) is 132 cm³/mol. The van der Waals surface area contributed by atoms with Gasteiger partial charge in [0.05, 0.1) is 6.61 Å². The van der Waals surface area contributed by atoms with Gasteiger partial charge >= 0.3 is 0 Å². The van der Waals surface area contributed by atoms with E-state index in [1.165, 1.54) is 30.6 Å². The fourth-order valence-electron chi connectivity index (χ4n) is 3.86. The number of hydrogen-bond donors (Lipinski definition) is 2. The van der Waals surface area contributed by atoms with Crippen molar-refractivity contribution in [2.24, 2.45) is 0 Å². The van der Waals surface area contributed by atoms with Gasteiger partial charge in [-0.05, 0) is 80.5 Å². The standard InChI is InChI=1S/C24H28N4O2S2/c1-2-30-19-11-7-17(8-12-19)23-26-27-24(31)28(23)16-15-22(29)25-18-9-13-21(14-10-18)32-20-5-3-4-6-20/h7-14,20H,2-6,15-16H2,1H3,(H,25,29)(H,27,31). The van der Waals surface area contributed by atoms with Crippen molar-refractivity contribution in [1.82, 2.24) is 14.8 Å². The number of carbonyl (C=O) groups is 1. The lowest BCUT2D eigenvalue weighted by Crippen LogP contribution is -2.15. The van der Waals surface area contributed by atoms with Crippen LogP contribution in [0.25, 0.3) is 11.4 Å². The van der Waals surface area contributed by atoms with Crippen molar-refractivity contribution >= 4 is 35.6 Å². The Morgan fingerprint density at radius 3 is 2.59 bits per heavy atom. The maximum atomic E-state index is 12.5. The highest BCUT2D eigenvalue weighted by Gasteiger charge is 2.16. The van der Waals surface area contributed by atoms with E-state index in [1.54, 1.807) is 0 Å². The normalized spacial score (nSPS) is 13.9. The van der Waals surface area contributed by atoms with E-state index in [4.69, 9.17) is 17.0 Å². The molecular formula is C24H28N4O2S2. The van der Waals surface area contributed by atoms with Gasteiger partial charge in [-0.3, -0.25) is 14.5 Å². The van der Waals surface area contributed by atoms with E-state index in [-0.39, 0.29) is 5.91 Å². The Labute approximate surface area is 197 Å². The molecule has 0 unspecified atom stereocenters. The van der Waals surface area contributed by atoms with Crippen LogP contribution in [0.15, 0.2) is 53.4 Å². The molecule has 0 radical (unpaired) electrons. The van der Waals surface area contributed by atoms with Crippen LogP contribution in [0.4, 0.5) is 5.69 Å². The number of hydrogen-bond acceptors (Lipinski definition) is 5. The first-order valence-electron chi connectivity index (χ1n) is 11.1. The molecule has 1 heterocycles. The Hall–Kier alpha value is -2.58. The summed E-state index contributed by atoms with van der Waals surface area (Å²) in [4.78, 5) is 13.8. The van der Waals surface area contributed by atoms with Crippen LogP contribution < -0.4 is 10.1 Å². The number of ether oxygens (including phenoxy) is 1. The number of benzene rings is 2. The number of aromatic nitrogens is 3. The van der Waals surface area contributed by atoms with Crippen LogP contribution in [0, 0.1) is 4.77 Å². The van der Waals surface area contributed by atoms with Gasteiger partial charge in [-0.2, -0.15) is 5.10 Å². The topological polar surface area (TPSA) is 71.9 Å². The zero-order valence-electron chi connectivity index (χ0n) is 18.2. The Morgan fingerprint density at radius 1 is 1.19 bits per heavy atom. The minimum Gasteiger partial charge on any atom is -0.494 e. The van der Waals surface area contributed by atoms with Crippen LogP contribution in [0.3, 0.4) is 0 Å². The number of aromatic amines is 1. The molecule has 1 aliphatic rings. The van der Waals surface area contributed by atoms with Gasteiger partial charge in [0, 0.05) is 34.4 Å². The van der Waals surface area contributed by atoms with E-state index >= 15 is 0 Å². The monoisotopic (exact) mass is 468 g/mol. The van der Waals surface area contributed by atoms with E-state index < -0.39 is 0 Å². The number of rotatable bonds is 9. The van der Waals surface area contributed by atoms with E-state index in [1.807, 2.05) is 59.7 Å². The third kappa shape index (κ3) is 5.81. The SMILES string of the molecule is CCOc1ccc(-c2n[nH]c(=S)n2CCC(=O)Nc2ccc(SC3CCCC3)cc2)cc1. The third-order valence-corrected chi connectivity index (χ3v) is 7.15. The third-order valence-electron chi connectivity index (χ3n) is 5.49. The van der Waals surface area contributed by atoms with E-state index in [2.05, 4.69) is 27.6 Å². The molecule has 6 nitrogen and oxygen atoms in total. The maximum Gasteiger partial charge on any atom is 0.226 e. The molecule has 0 spiro atoms. The summed E-state index contributed by atoms with van der Waals surface area (Å²) in [5.41, 5.74) is 1.73. The van der Waals surface area contributed by atoms with Gasteiger partial charge in [-0.25, -0.2) is 0 Å². The first kappa shape index (κ1) is 22.6. The van der Waals surface area contributed by atoms with Crippen molar-refractivity contribution in [2.75, 3.05) is 11.9 Å². The van der Waals surface area contributed by atoms with Crippen molar-refractivity contribution in [3.05, 3.63) is 53.3 Å². The minimum atomic E-state index is -0.0538. The second-order valence-electron chi connectivity index (χ2n) is 7.81. The summed E-state index contributed by atoms with van der Waals surface area (Å²) in [5.74, 6) is 1.46. The second-order valence-corrected chi connectivity index (χ2v) is 9.57. The second kappa shape index (κ2) is 10.8. The molecule has 32 heavy (non-hydrogen) atoms. The number of thioether (sulfide) groups is 1. The Balaban J connectivity index is 1.34. The molecular weight excluding hydrogens is 440 g/mol. The molecule has 1 amide bonds. The molecule has 4 rings (SSSR count). The highest BCUT2D eigenvalue weighted by atomic mass is 32.2. The zero-order chi connectivity index (χ0) is 22.3. The quantitative estimate of drug-likeness (QED) is 0.373. The van der Waals surface area contributed by atoms with Crippen LogP contribution in [0.2, 0.25) is 0 Å². The molecule has 0 bridgehead atoms. The molecule has 1 fully saturated rings. The number of anilines is 1. The highest BCUT2D eigenvalue weighted by Crippen LogP contribution is 2.35. The van der Waals surface area contributed by atoms with Crippen molar-refractivity contribution < 1.29 is 9.53 Å². The summed E-state index contributed by atoms with van der Waals surface area (Å²) in [6, 6.07) is 15.8. The van der Waals surface area contributed by atoms with Gasteiger partial charge in [0.1, 0.15) is 5.75 Å². The van der Waals surface area contributed by atoms with Crippen LogP contribution in [0.5, 0.6) is 5.75 Å². The smallest absolute Gasteiger partial charge is 0.226 e. The van der Waals surface area contributed by atoms with Crippen molar-refractivity contribution in [1.29, 1.82) is 0 Å². The summed E-state index contributed by atoms with van der Waals surface area (Å²) in [5, 5.41) is 10.9. The van der Waals surface area contributed by atoms with Gasteiger partial charge < -0.3 is 10.1 Å². The van der Waals surface area contributed by atoms with Crippen LogP contribution >= 0.6 is 24.0 Å². The largest absolute Gasteiger partial charge is 0.494 e. The molecule has 0 saturated heterocycles. The highest BCUT2D eigenvalue weighted by molar-refractivity contribution is 8.00. The Kier molecular flexibility index (Phi) is 7.65. The number of H-pyrrole nitrogens is 1. The fraction of sp³-hybridized carbons (Fsp3) is 0.375. The number of carbonyl (C=O) groups excluding carboxylic acids is 1. The van der Waals surface area contributed by atoms with Crippen molar-refractivity contribution in [3.63, 3.8) is 0 Å². The minimum absolute atomic E-state index is 0.0538. The summed E-state index contributed by atoms with van der Waals surface area (Å²) >= 11 is 7.33. The summed E-state index contributed by atoms with van der Waals surface area (Å²) in [7, 11) is 0. The average molecular weight is 469 g/mol. The average Bonchev–Trinajstić information content (AvgIpc) is 3.44.